The number of aliphatic carboxylic acids is 1. The Kier molecular flexibility index (Phi) is 11.6. The second-order valence-corrected chi connectivity index (χ2v) is 13.6. The van der Waals surface area contributed by atoms with E-state index in [0.717, 1.165) is 11.1 Å². The van der Waals surface area contributed by atoms with E-state index in [1.165, 1.54) is 4.90 Å². The summed E-state index contributed by atoms with van der Waals surface area (Å²) in [6.45, 7) is 6.64. The van der Waals surface area contributed by atoms with Crippen LogP contribution in [0.3, 0.4) is 0 Å². The molecule has 1 saturated carbocycles. The summed E-state index contributed by atoms with van der Waals surface area (Å²) in [6, 6.07) is -0.884. The molecule has 3 atom stereocenters. The lowest BCUT2D eigenvalue weighted by Crippen LogP contribution is -2.52. The number of hydrogen-bond donors (Lipinski definition) is 1. The van der Waals surface area contributed by atoms with Crippen LogP contribution in [0, 0.1) is 11.8 Å². The van der Waals surface area contributed by atoms with Crippen LogP contribution in [0.5, 0.6) is 0 Å². The van der Waals surface area contributed by atoms with Crippen molar-refractivity contribution in [1.29, 1.82) is 0 Å². The summed E-state index contributed by atoms with van der Waals surface area (Å²) >= 11 is 0. The van der Waals surface area contributed by atoms with Crippen molar-refractivity contribution in [2.45, 2.75) is 89.2 Å². The average Bonchev–Trinajstić information content (AvgIpc) is 3.35. The van der Waals surface area contributed by atoms with Gasteiger partial charge < -0.3 is 24.2 Å². The van der Waals surface area contributed by atoms with Crippen LogP contribution in [0.25, 0.3) is 5.57 Å². The first kappa shape index (κ1) is 39.0. The SMILES string of the molecule is C=C(/C=C(\C=C(/C)C(F)(F)F)C(F)(F)F)C1OC(=O)N(Cc2nc(N3CC(OC)C3)ncc2C2=CC(C3CCC(C(=O)O)CC3)=CCC2OC)[C@H]1C. The molecule has 1 N–H and O–H groups in total. The fourth-order valence-corrected chi connectivity index (χ4v) is 6.97. The zero-order valence-electron chi connectivity index (χ0n) is 29.3. The lowest BCUT2D eigenvalue weighted by molar-refractivity contribution is -0.143. The highest BCUT2D eigenvalue weighted by Crippen LogP contribution is 2.40. The Morgan fingerprint density at radius 2 is 1.75 bits per heavy atom. The Morgan fingerprint density at radius 3 is 2.33 bits per heavy atom. The van der Waals surface area contributed by atoms with Crippen LogP contribution in [-0.4, -0.2) is 96.1 Å². The smallest absolute Gasteiger partial charge is 0.416 e. The number of hydrogen-bond acceptors (Lipinski definition) is 8. The number of nitrogens with zero attached hydrogens (tertiary/aromatic N) is 4. The maximum Gasteiger partial charge on any atom is 0.416 e. The number of rotatable bonds is 11. The van der Waals surface area contributed by atoms with Crippen LogP contribution in [0.15, 0.2) is 59.4 Å². The van der Waals surface area contributed by atoms with Gasteiger partial charge in [-0.25, -0.2) is 14.8 Å². The molecule has 2 saturated heterocycles. The van der Waals surface area contributed by atoms with E-state index in [2.05, 4.69) is 17.6 Å². The fraction of sp³-hybridized carbons (Fsp3) is 0.556. The molecule has 52 heavy (non-hydrogen) atoms. The molecule has 4 aliphatic rings. The second-order valence-electron chi connectivity index (χ2n) is 13.6. The van der Waals surface area contributed by atoms with Crippen LogP contribution in [0.4, 0.5) is 37.1 Å². The van der Waals surface area contributed by atoms with Crippen molar-refractivity contribution < 1.29 is 55.2 Å². The third-order valence-electron chi connectivity index (χ3n) is 10.3. The van der Waals surface area contributed by atoms with Crippen molar-refractivity contribution in [3.05, 3.63) is 70.6 Å². The molecule has 3 fully saturated rings. The van der Waals surface area contributed by atoms with E-state index in [1.807, 2.05) is 11.0 Å². The van der Waals surface area contributed by atoms with Crippen LogP contribution in [-0.2, 0) is 25.5 Å². The molecule has 2 aliphatic carbocycles. The van der Waals surface area contributed by atoms with Crippen LogP contribution in [0.1, 0.15) is 57.2 Å². The molecule has 1 aromatic rings. The minimum Gasteiger partial charge on any atom is -0.481 e. The van der Waals surface area contributed by atoms with Gasteiger partial charge in [-0.05, 0) is 80.7 Å². The van der Waals surface area contributed by atoms with E-state index < -0.39 is 53.8 Å². The van der Waals surface area contributed by atoms with Gasteiger partial charge in [-0.1, -0.05) is 18.7 Å². The lowest BCUT2D eigenvalue weighted by atomic mass is 9.76. The molecule has 3 heterocycles. The number of carbonyl (C=O) groups is 2. The molecule has 284 valence electrons. The number of halogens is 6. The molecule has 2 unspecified atom stereocenters. The van der Waals surface area contributed by atoms with E-state index >= 15 is 0 Å². The molecule has 1 aromatic heterocycles. The van der Waals surface area contributed by atoms with Gasteiger partial charge in [-0.3, -0.25) is 9.69 Å². The average molecular weight is 741 g/mol. The summed E-state index contributed by atoms with van der Waals surface area (Å²) in [5, 5.41) is 9.47. The van der Waals surface area contributed by atoms with Crippen molar-refractivity contribution in [2.24, 2.45) is 11.8 Å². The van der Waals surface area contributed by atoms with Gasteiger partial charge in [0, 0.05) is 44.6 Å². The number of methoxy groups -OCH3 is 2. The maximum atomic E-state index is 13.8. The molecular weight excluding hydrogens is 698 g/mol. The van der Waals surface area contributed by atoms with Crippen LogP contribution < -0.4 is 4.90 Å². The summed E-state index contributed by atoms with van der Waals surface area (Å²) in [5.41, 5.74) is -0.579. The Morgan fingerprint density at radius 1 is 1.08 bits per heavy atom. The van der Waals surface area contributed by atoms with E-state index in [4.69, 9.17) is 19.2 Å². The van der Waals surface area contributed by atoms with Gasteiger partial charge >= 0.3 is 24.4 Å². The minimum atomic E-state index is -5.14. The third kappa shape index (κ3) is 8.54. The van der Waals surface area contributed by atoms with Crippen LogP contribution in [0.2, 0.25) is 0 Å². The van der Waals surface area contributed by atoms with Crippen molar-refractivity contribution in [1.82, 2.24) is 14.9 Å². The van der Waals surface area contributed by atoms with E-state index in [-0.39, 0.29) is 36.1 Å². The number of allylic oxidation sites excluding steroid dienone is 5. The summed E-state index contributed by atoms with van der Waals surface area (Å²) in [5.74, 6) is -0.645. The number of alkyl halides is 6. The van der Waals surface area contributed by atoms with Gasteiger partial charge in [0.15, 0.2) is 0 Å². The van der Waals surface area contributed by atoms with Crippen LogP contribution >= 0.6 is 0 Å². The highest BCUT2D eigenvalue weighted by molar-refractivity contribution is 5.76. The first-order valence-corrected chi connectivity index (χ1v) is 16.9. The maximum absolute atomic E-state index is 13.8. The second kappa shape index (κ2) is 15.4. The van der Waals surface area contributed by atoms with Crippen molar-refractivity contribution in [3.8, 4) is 0 Å². The molecule has 16 heteroatoms. The molecule has 5 rings (SSSR count). The quantitative estimate of drug-likeness (QED) is 0.186. The Bertz CT molecular complexity index is 1670. The predicted octanol–water partition coefficient (Wildman–Crippen LogP) is 7.19. The Labute approximate surface area is 297 Å². The summed E-state index contributed by atoms with van der Waals surface area (Å²) < 4.78 is 97.4. The molecule has 0 spiro atoms. The molecule has 1 amide bonds. The lowest BCUT2D eigenvalue weighted by Gasteiger charge is -2.38. The Hall–Kier alpha value is -4.18. The monoisotopic (exact) mass is 740 g/mol. The predicted molar refractivity (Wildman–Crippen MR) is 178 cm³/mol. The van der Waals surface area contributed by atoms with Crippen molar-refractivity contribution in [2.75, 3.05) is 32.2 Å². The molecule has 0 bridgehead atoms. The number of carboxylic acids is 1. The first-order valence-electron chi connectivity index (χ1n) is 16.9. The molecule has 0 radical (unpaired) electrons. The zero-order valence-corrected chi connectivity index (χ0v) is 29.3. The number of amides is 1. The van der Waals surface area contributed by atoms with E-state index in [1.54, 1.807) is 27.3 Å². The van der Waals surface area contributed by atoms with Gasteiger partial charge in [0.2, 0.25) is 5.95 Å². The Balaban J connectivity index is 1.46. The third-order valence-corrected chi connectivity index (χ3v) is 10.3. The topological polar surface area (TPSA) is 114 Å². The van der Waals surface area contributed by atoms with Crippen molar-refractivity contribution >= 4 is 23.6 Å². The van der Waals surface area contributed by atoms with Gasteiger partial charge in [-0.2, -0.15) is 26.3 Å². The van der Waals surface area contributed by atoms with Gasteiger partial charge in [0.25, 0.3) is 0 Å². The number of cyclic esters (lactones) is 1. The zero-order chi connectivity index (χ0) is 38.1. The standard InChI is InChI=1S/C36H42F6N4O6/c1-19(12-25(36(40,41)42)13-20(2)35(37,38)39)31-21(3)46(34(49)52-31)18-29-28(15-43-33(44-29)45-16-26(17-45)50-4)27-14-24(10-11-30(27)51-5)22-6-8-23(9-7-22)32(47)48/h10,12-15,21-23,26,30-31H,1,6-9,11,16-18H2,2-5H3,(H,47,48)/b20-13+,25-12+/t21-,22?,23?,30?,31?/m0/s1. The fourth-order valence-electron chi connectivity index (χ4n) is 6.97. The number of anilines is 1. The minimum absolute atomic E-state index is 0.00632. The number of aromatic nitrogens is 2. The normalized spacial score (nSPS) is 26.5. The van der Waals surface area contributed by atoms with Gasteiger partial charge in [-0.15, -0.1) is 0 Å². The first-order chi connectivity index (χ1) is 24.4. The number of carbonyl (C=O) groups excluding carboxylic acids is 1. The number of ether oxygens (including phenoxy) is 3. The van der Waals surface area contributed by atoms with E-state index in [0.29, 0.717) is 75.4 Å². The molecule has 10 nitrogen and oxygen atoms in total. The molecule has 2 aliphatic heterocycles. The number of carboxylic acid groups (broad SMARTS) is 1. The van der Waals surface area contributed by atoms with Gasteiger partial charge in [0.05, 0.1) is 42.0 Å². The van der Waals surface area contributed by atoms with Gasteiger partial charge in [0.1, 0.15) is 6.10 Å². The summed E-state index contributed by atoms with van der Waals surface area (Å²) in [4.78, 5) is 37.5. The molecule has 0 aromatic carbocycles. The summed E-state index contributed by atoms with van der Waals surface area (Å²) in [6.07, 6.45) is -3.42. The van der Waals surface area contributed by atoms with E-state index in [9.17, 15) is 41.0 Å². The highest BCUT2D eigenvalue weighted by Gasteiger charge is 2.43. The largest absolute Gasteiger partial charge is 0.481 e. The summed E-state index contributed by atoms with van der Waals surface area (Å²) in [7, 11) is 3.17. The molecular formula is C36H42F6N4O6. The highest BCUT2D eigenvalue weighted by atomic mass is 19.4. The van der Waals surface area contributed by atoms with Crippen molar-refractivity contribution in [3.63, 3.8) is 0 Å².